The summed E-state index contributed by atoms with van der Waals surface area (Å²) in [6.07, 6.45) is 2.11. The third kappa shape index (κ3) is 6.68. The Morgan fingerprint density at radius 3 is 2.79 bits per heavy atom. The molecule has 1 unspecified atom stereocenters. The van der Waals surface area contributed by atoms with Gasteiger partial charge >= 0.3 is 0 Å². The highest BCUT2D eigenvalue weighted by molar-refractivity contribution is 7.09. The molecule has 5 heteroatoms. The van der Waals surface area contributed by atoms with Crippen molar-refractivity contribution in [1.82, 2.24) is 10.3 Å². The van der Waals surface area contributed by atoms with Gasteiger partial charge in [-0.1, -0.05) is 13.8 Å². The van der Waals surface area contributed by atoms with Crippen LogP contribution >= 0.6 is 11.3 Å². The van der Waals surface area contributed by atoms with E-state index in [2.05, 4.69) is 24.1 Å². The van der Waals surface area contributed by atoms with E-state index in [4.69, 9.17) is 5.11 Å². The minimum atomic E-state index is 0.0111. The lowest BCUT2D eigenvalue weighted by atomic mass is 9.94. The number of rotatable bonds is 8. The van der Waals surface area contributed by atoms with Gasteiger partial charge in [-0.2, -0.15) is 0 Å². The summed E-state index contributed by atoms with van der Waals surface area (Å²) in [6, 6.07) is 0. The maximum absolute atomic E-state index is 11.8. The average Bonchev–Trinajstić information content (AvgIpc) is 2.71. The highest BCUT2D eigenvalue weighted by atomic mass is 32.1. The van der Waals surface area contributed by atoms with Crippen molar-refractivity contribution >= 4 is 17.2 Å². The summed E-state index contributed by atoms with van der Waals surface area (Å²) in [5.74, 6) is 0.942. The van der Waals surface area contributed by atoms with Crippen LogP contribution in [0.5, 0.6) is 0 Å². The zero-order valence-electron chi connectivity index (χ0n) is 12.0. The molecule has 0 radical (unpaired) electrons. The Morgan fingerprint density at radius 1 is 1.53 bits per heavy atom. The molecule has 1 aromatic heterocycles. The Hall–Kier alpha value is -0.940. The normalized spacial score (nSPS) is 12.7. The van der Waals surface area contributed by atoms with Crippen LogP contribution in [0, 0.1) is 18.8 Å². The maximum atomic E-state index is 11.8. The van der Waals surface area contributed by atoms with Gasteiger partial charge in [0.05, 0.1) is 17.1 Å². The molecule has 1 aromatic rings. The fourth-order valence-electron chi connectivity index (χ4n) is 2.13. The molecule has 19 heavy (non-hydrogen) atoms. The van der Waals surface area contributed by atoms with E-state index >= 15 is 0 Å². The molecule has 108 valence electrons. The van der Waals surface area contributed by atoms with E-state index in [1.165, 1.54) is 0 Å². The van der Waals surface area contributed by atoms with Crippen molar-refractivity contribution in [3.8, 4) is 0 Å². The lowest BCUT2D eigenvalue weighted by Gasteiger charge is -2.18. The van der Waals surface area contributed by atoms with Crippen molar-refractivity contribution in [2.75, 3.05) is 13.2 Å². The third-order valence-electron chi connectivity index (χ3n) is 2.94. The van der Waals surface area contributed by atoms with E-state index in [1.807, 2.05) is 12.3 Å². The van der Waals surface area contributed by atoms with E-state index in [0.717, 1.165) is 23.5 Å². The summed E-state index contributed by atoms with van der Waals surface area (Å²) in [5.41, 5.74) is 0.836. The second-order valence-electron chi connectivity index (χ2n) is 5.35. The van der Waals surface area contributed by atoms with Gasteiger partial charge in [0.2, 0.25) is 5.91 Å². The number of hydrogen-bond acceptors (Lipinski definition) is 4. The Labute approximate surface area is 119 Å². The molecule has 1 amide bonds. The Kier molecular flexibility index (Phi) is 7.02. The lowest BCUT2D eigenvalue weighted by Crippen LogP contribution is -2.31. The fraction of sp³-hybridized carbons (Fsp3) is 0.714. The number of nitrogens with zero attached hydrogens (tertiary/aromatic N) is 1. The monoisotopic (exact) mass is 284 g/mol. The molecule has 1 rings (SSSR count). The Bertz CT molecular complexity index is 391. The molecule has 0 fully saturated rings. The van der Waals surface area contributed by atoms with Crippen molar-refractivity contribution in [3.63, 3.8) is 0 Å². The van der Waals surface area contributed by atoms with Gasteiger partial charge in [-0.3, -0.25) is 4.79 Å². The van der Waals surface area contributed by atoms with Crippen molar-refractivity contribution in [3.05, 3.63) is 16.1 Å². The summed E-state index contributed by atoms with van der Waals surface area (Å²) in [4.78, 5) is 16.1. The first-order chi connectivity index (χ1) is 9.01. The van der Waals surface area contributed by atoms with Gasteiger partial charge in [0, 0.05) is 18.5 Å². The number of nitrogens with one attached hydrogen (secondary N) is 1. The SMILES string of the molecule is Cc1nc(CC(=O)NCC(CCO)CC(C)C)cs1. The summed E-state index contributed by atoms with van der Waals surface area (Å²) < 4.78 is 0. The zero-order valence-corrected chi connectivity index (χ0v) is 12.8. The quantitative estimate of drug-likeness (QED) is 0.769. The van der Waals surface area contributed by atoms with E-state index in [-0.39, 0.29) is 12.5 Å². The number of thiazole rings is 1. The molecule has 0 saturated carbocycles. The van der Waals surface area contributed by atoms with E-state index in [1.54, 1.807) is 11.3 Å². The summed E-state index contributed by atoms with van der Waals surface area (Å²) in [5, 5.41) is 14.9. The van der Waals surface area contributed by atoms with Gasteiger partial charge in [0.15, 0.2) is 0 Å². The minimum Gasteiger partial charge on any atom is -0.396 e. The second kappa shape index (κ2) is 8.27. The maximum Gasteiger partial charge on any atom is 0.226 e. The number of aliphatic hydroxyl groups excluding tert-OH is 1. The molecule has 1 atom stereocenters. The zero-order chi connectivity index (χ0) is 14.3. The molecule has 0 aliphatic rings. The van der Waals surface area contributed by atoms with Crippen LogP contribution in [-0.2, 0) is 11.2 Å². The average molecular weight is 284 g/mol. The predicted molar refractivity (Wildman–Crippen MR) is 78.2 cm³/mol. The first-order valence-electron chi connectivity index (χ1n) is 6.79. The van der Waals surface area contributed by atoms with Gasteiger partial charge in [-0.25, -0.2) is 4.98 Å². The van der Waals surface area contributed by atoms with Gasteiger partial charge in [-0.05, 0) is 31.6 Å². The fourth-order valence-corrected chi connectivity index (χ4v) is 2.74. The molecule has 1 heterocycles. The Balaban J connectivity index is 2.34. The third-order valence-corrected chi connectivity index (χ3v) is 3.76. The molecule has 0 aromatic carbocycles. The molecular formula is C14H24N2O2S. The molecule has 4 nitrogen and oxygen atoms in total. The number of amides is 1. The van der Waals surface area contributed by atoms with Crippen LogP contribution < -0.4 is 5.32 Å². The largest absolute Gasteiger partial charge is 0.396 e. The number of aromatic nitrogens is 1. The van der Waals surface area contributed by atoms with Crippen LogP contribution in [0.3, 0.4) is 0 Å². The molecule has 0 aliphatic heterocycles. The smallest absolute Gasteiger partial charge is 0.226 e. The first-order valence-corrected chi connectivity index (χ1v) is 7.67. The van der Waals surface area contributed by atoms with Crippen LogP contribution in [0.2, 0.25) is 0 Å². The number of carbonyl (C=O) groups is 1. The van der Waals surface area contributed by atoms with E-state index < -0.39 is 0 Å². The molecule has 0 aliphatic carbocycles. The second-order valence-corrected chi connectivity index (χ2v) is 6.41. The van der Waals surface area contributed by atoms with Crippen LogP contribution in [0.25, 0.3) is 0 Å². The van der Waals surface area contributed by atoms with Crippen molar-refractivity contribution in [1.29, 1.82) is 0 Å². The van der Waals surface area contributed by atoms with Crippen LogP contribution in [0.15, 0.2) is 5.38 Å². The van der Waals surface area contributed by atoms with Gasteiger partial charge in [0.1, 0.15) is 0 Å². The molecule has 0 bridgehead atoms. The molecular weight excluding hydrogens is 260 g/mol. The van der Waals surface area contributed by atoms with Gasteiger partial charge in [-0.15, -0.1) is 11.3 Å². The summed E-state index contributed by atoms with van der Waals surface area (Å²) >= 11 is 1.56. The topological polar surface area (TPSA) is 62.2 Å². The highest BCUT2D eigenvalue weighted by Crippen LogP contribution is 2.14. The van der Waals surface area contributed by atoms with E-state index in [0.29, 0.717) is 24.8 Å². The Morgan fingerprint density at radius 2 is 2.26 bits per heavy atom. The lowest BCUT2D eigenvalue weighted by molar-refractivity contribution is -0.120. The van der Waals surface area contributed by atoms with Gasteiger partial charge < -0.3 is 10.4 Å². The summed E-state index contributed by atoms with van der Waals surface area (Å²) in [6.45, 7) is 7.07. The van der Waals surface area contributed by atoms with Crippen molar-refractivity contribution in [2.45, 2.75) is 40.0 Å². The van der Waals surface area contributed by atoms with Crippen LogP contribution in [0.4, 0.5) is 0 Å². The summed E-state index contributed by atoms with van der Waals surface area (Å²) in [7, 11) is 0. The minimum absolute atomic E-state index is 0.0111. The predicted octanol–water partition coefficient (Wildman–Crippen LogP) is 2.15. The van der Waals surface area contributed by atoms with Crippen LogP contribution in [0.1, 0.15) is 37.4 Å². The number of aliphatic hydroxyl groups is 1. The first kappa shape index (κ1) is 16.1. The van der Waals surface area contributed by atoms with Gasteiger partial charge in [0.25, 0.3) is 0 Å². The molecule has 0 saturated heterocycles. The van der Waals surface area contributed by atoms with Crippen LogP contribution in [-0.4, -0.2) is 29.1 Å². The van der Waals surface area contributed by atoms with Crippen molar-refractivity contribution < 1.29 is 9.90 Å². The molecule has 2 N–H and O–H groups in total. The number of carbonyl (C=O) groups excluding carboxylic acids is 1. The molecule has 0 spiro atoms. The highest BCUT2D eigenvalue weighted by Gasteiger charge is 2.13. The standard InChI is InChI=1S/C14H24N2O2S/c1-10(2)6-12(4-5-17)8-15-14(18)7-13-9-19-11(3)16-13/h9-10,12,17H,4-8H2,1-3H3,(H,15,18). The van der Waals surface area contributed by atoms with Crippen molar-refractivity contribution in [2.24, 2.45) is 11.8 Å². The number of hydrogen-bond donors (Lipinski definition) is 2. The number of aryl methyl sites for hydroxylation is 1. The van der Waals surface area contributed by atoms with E-state index in [9.17, 15) is 4.79 Å².